The number of hydrogen-bond donors (Lipinski definition) is 0. The van der Waals surface area contributed by atoms with Crippen LogP contribution in [0.25, 0.3) is 0 Å². The van der Waals surface area contributed by atoms with Gasteiger partial charge in [-0.2, -0.15) is 0 Å². The van der Waals surface area contributed by atoms with Crippen molar-refractivity contribution in [3.63, 3.8) is 0 Å². The van der Waals surface area contributed by atoms with Gasteiger partial charge in [-0.3, -0.25) is 0 Å². The van der Waals surface area contributed by atoms with E-state index in [4.69, 9.17) is 22.8 Å². The molecule has 2 unspecified atom stereocenters. The summed E-state index contributed by atoms with van der Waals surface area (Å²) in [6.45, 7) is 0. The summed E-state index contributed by atoms with van der Waals surface area (Å²) in [6.07, 6.45) is 9.15. The predicted molar refractivity (Wildman–Crippen MR) is 51.0 cm³/mol. The molecule has 0 bridgehead atoms. The molecule has 1 rings (SSSR count). The summed E-state index contributed by atoms with van der Waals surface area (Å²) in [6, 6.07) is 0. The molecule has 1 fully saturated rings. The molecule has 1 nitrogen and oxygen atoms in total. The second-order valence-corrected chi connectivity index (χ2v) is 9.64. The van der Waals surface area contributed by atoms with Crippen molar-refractivity contribution < 1.29 is 4.52 Å². The van der Waals surface area contributed by atoms with Gasteiger partial charge in [0.2, 0.25) is 0 Å². The Hall–Kier alpha value is 0.520. The van der Waals surface area contributed by atoms with E-state index in [1.165, 1.54) is 0 Å². The molecule has 0 radical (unpaired) electrons. The van der Waals surface area contributed by atoms with Gasteiger partial charge < -0.3 is 4.52 Å². The lowest BCUT2D eigenvalue weighted by Crippen LogP contribution is -1.97. The number of terminal acetylenes is 1. The van der Waals surface area contributed by atoms with Crippen LogP contribution in [-0.2, 0) is 16.3 Å². The Labute approximate surface area is 70.7 Å². The molecule has 56 valence electrons. The van der Waals surface area contributed by atoms with Gasteiger partial charge in [-0.05, 0) is 12.7 Å². The highest BCUT2D eigenvalue weighted by Crippen LogP contribution is 2.63. The smallest absolute Gasteiger partial charge is 0.124 e. The van der Waals surface area contributed by atoms with Crippen LogP contribution in [0.5, 0.6) is 0 Å². The van der Waals surface area contributed by atoms with Crippen molar-refractivity contribution in [3.05, 3.63) is 0 Å². The minimum atomic E-state index is -1.52. The van der Waals surface area contributed by atoms with Gasteiger partial charge in [0.05, 0.1) is 0 Å². The molecular weight excluding hydrogens is 183 g/mol. The lowest BCUT2D eigenvalue weighted by molar-refractivity contribution is 0.320. The van der Waals surface area contributed by atoms with Crippen LogP contribution >= 0.6 is 16.8 Å². The first kappa shape index (κ1) is 8.62. The zero-order valence-electron chi connectivity index (χ0n) is 5.74. The summed E-state index contributed by atoms with van der Waals surface area (Å²) >= 11 is 6.93. The monoisotopic (exact) mass is 192 g/mol. The topological polar surface area (TPSA) is 9.23 Å². The maximum absolute atomic E-state index is 5.50. The third kappa shape index (κ3) is 1.77. The van der Waals surface area contributed by atoms with Crippen LogP contribution in [0.3, 0.4) is 0 Å². The van der Waals surface area contributed by atoms with Crippen molar-refractivity contribution >= 4 is 28.7 Å². The molecule has 0 N–H and O–H groups in total. The van der Waals surface area contributed by atoms with E-state index in [0.29, 0.717) is 0 Å². The fourth-order valence-corrected chi connectivity index (χ4v) is 4.36. The Morgan fingerprint density at radius 2 is 2.60 bits per heavy atom. The van der Waals surface area contributed by atoms with Crippen LogP contribution < -0.4 is 0 Å². The Bertz CT molecular complexity index is 208. The fourth-order valence-electron chi connectivity index (χ4n) is 0.823. The third-order valence-electron chi connectivity index (χ3n) is 1.42. The molecule has 0 aromatic heterocycles. The first-order valence-electron chi connectivity index (χ1n) is 2.99. The van der Waals surface area contributed by atoms with Crippen LogP contribution in [0.2, 0.25) is 0 Å². The van der Waals surface area contributed by atoms with Gasteiger partial charge in [-0.1, -0.05) is 17.7 Å². The normalized spacial score (nSPS) is 39.4. The Kier molecular flexibility index (Phi) is 2.82. The third-order valence-corrected chi connectivity index (χ3v) is 7.98. The van der Waals surface area contributed by atoms with Gasteiger partial charge in [-0.15, -0.1) is 17.8 Å². The van der Waals surface area contributed by atoms with Crippen LogP contribution in [-0.4, -0.2) is 18.5 Å². The summed E-state index contributed by atoms with van der Waals surface area (Å²) in [5, 5.41) is 0. The van der Waals surface area contributed by atoms with Gasteiger partial charge in [-0.25, -0.2) is 0 Å². The van der Waals surface area contributed by atoms with Crippen LogP contribution in [0.4, 0.5) is 0 Å². The predicted octanol–water partition coefficient (Wildman–Crippen LogP) is 2.08. The number of hydrogen-bond acceptors (Lipinski definition) is 3. The highest BCUT2D eigenvalue weighted by Gasteiger charge is 2.28. The van der Waals surface area contributed by atoms with Gasteiger partial charge >= 0.3 is 0 Å². The minimum Gasteiger partial charge on any atom is -0.326 e. The Balaban J connectivity index is 2.60. The summed E-state index contributed by atoms with van der Waals surface area (Å²) in [7, 11) is 0. The zero-order chi connectivity index (χ0) is 7.61. The Morgan fingerprint density at radius 1 is 1.90 bits per heavy atom. The molecule has 10 heavy (non-hydrogen) atoms. The lowest BCUT2D eigenvalue weighted by atomic mass is 10.3. The summed E-state index contributed by atoms with van der Waals surface area (Å²) in [5.74, 6) is 2.58. The standard InChI is InChI=1S/C6H9OPS2/c1-3-6-4-5-8(9,7-6)10-2/h1,6H,4-5H2,2H3. The van der Waals surface area contributed by atoms with Crippen LogP contribution in [0.15, 0.2) is 0 Å². The SMILES string of the molecule is C#CC1CCP(=S)(SC)O1. The van der Waals surface area contributed by atoms with E-state index in [0.717, 1.165) is 12.6 Å². The molecule has 1 saturated heterocycles. The highest BCUT2D eigenvalue weighted by atomic mass is 32.9. The Morgan fingerprint density at radius 3 is 2.90 bits per heavy atom. The molecule has 1 heterocycles. The second-order valence-electron chi connectivity index (χ2n) is 2.07. The van der Waals surface area contributed by atoms with E-state index in [9.17, 15) is 0 Å². The maximum atomic E-state index is 5.50. The molecule has 1 aliphatic rings. The minimum absolute atomic E-state index is 0.00159. The van der Waals surface area contributed by atoms with Crippen molar-refractivity contribution in [2.45, 2.75) is 12.5 Å². The van der Waals surface area contributed by atoms with E-state index >= 15 is 0 Å². The van der Waals surface area contributed by atoms with Crippen molar-refractivity contribution in [3.8, 4) is 12.3 Å². The average molecular weight is 192 g/mol. The molecule has 0 aromatic rings. The lowest BCUT2D eigenvalue weighted by Gasteiger charge is -2.10. The largest absolute Gasteiger partial charge is 0.326 e. The van der Waals surface area contributed by atoms with Gasteiger partial charge in [0.15, 0.2) is 0 Å². The molecule has 4 heteroatoms. The maximum Gasteiger partial charge on any atom is 0.124 e. The van der Waals surface area contributed by atoms with E-state index in [-0.39, 0.29) is 6.10 Å². The second kappa shape index (κ2) is 3.28. The van der Waals surface area contributed by atoms with Crippen molar-refractivity contribution in [2.75, 3.05) is 12.4 Å². The van der Waals surface area contributed by atoms with Gasteiger partial charge in [0.1, 0.15) is 11.6 Å². The molecule has 0 saturated carbocycles. The first-order valence-corrected chi connectivity index (χ1v) is 7.73. The van der Waals surface area contributed by atoms with Gasteiger partial charge in [0, 0.05) is 6.16 Å². The fraction of sp³-hybridized carbons (Fsp3) is 0.667. The van der Waals surface area contributed by atoms with Crippen molar-refractivity contribution in [1.82, 2.24) is 0 Å². The van der Waals surface area contributed by atoms with Crippen LogP contribution in [0.1, 0.15) is 6.42 Å². The van der Waals surface area contributed by atoms with Gasteiger partial charge in [0.25, 0.3) is 0 Å². The van der Waals surface area contributed by atoms with E-state index in [1.807, 2.05) is 6.26 Å². The number of rotatable bonds is 1. The summed E-state index contributed by atoms with van der Waals surface area (Å²) in [4.78, 5) is 0. The molecular formula is C6H9OPS2. The average Bonchev–Trinajstić information content (AvgIpc) is 2.33. The highest BCUT2D eigenvalue weighted by molar-refractivity contribution is 8.69. The van der Waals surface area contributed by atoms with E-state index in [2.05, 4.69) is 5.92 Å². The molecule has 2 atom stereocenters. The van der Waals surface area contributed by atoms with Crippen LogP contribution in [0, 0.1) is 12.3 Å². The summed E-state index contributed by atoms with van der Waals surface area (Å²) in [5.41, 5.74) is -1.52. The molecule has 1 aliphatic heterocycles. The van der Waals surface area contributed by atoms with Crippen molar-refractivity contribution in [1.29, 1.82) is 0 Å². The summed E-state index contributed by atoms with van der Waals surface area (Å²) < 4.78 is 5.50. The first-order chi connectivity index (χ1) is 4.70. The van der Waals surface area contributed by atoms with E-state index in [1.54, 1.807) is 11.4 Å². The molecule has 0 amide bonds. The zero-order valence-corrected chi connectivity index (χ0v) is 8.27. The molecule has 0 spiro atoms. The van der Waals surface area contributed by atoms with Crippen molar-refractivity contribution in [2.24, 2.45) is 0 Å². The molecule has 0 aromatic carbocycles. The quantitative estimate of drug-likeness (QED) is 0.465. The molecule has 0 aliphatic carbocycles. The van der Waals surface area contributed by atoms with E-state index < -0.39 is 5.47 Å².